The van der Waals surface area contributed by atoms with E-state index in [-0.39, 0.29) is 5.91 Å². The van der Waals surface area contributed by atoms with Crippen LogP contribution in [0, 0.1) is 23.7 Å². The van der Waals surface area contributed by atoms with Crippen molar-refractivity contribution in [1.29, 1.82) is 0 Å². The first-order valence-electron chi connectivity index (χ1n) is 5.21. The van der Waals surface area contributed by atoms with Gasteiger partial charge in [-0.05, 0) is 42.9 Å². The predicted octanol–water partition coefficient (Wildman–Crippen LogP) is 1.08. The van der Waals surface area contributed by atoms with E-state index >= 15 is 0 Å². The highest BCUT2D eigenvalue weighted by atomic mass is 32.1. The van der Waals surface area contributed by atoms with Crippen LogP contribution in [-0.2, 0) is 4.79 Å². The van der Waals surface area contributed by atoms with Crippen molar-refractivity contribution in [3.63, 3.8) is 0 Å². The molecule has 72 valence electrons. The van der Waals surface area contributed by atoms with Crippen LogP contribution in [0.5, 0.6) is 0 Å². The van der Waals surface area contributed by atoms with E-state index in [9.17, 15) is 4.79 Å². The van der Waals surface area contributed by atoms with Gasteiger partial charge in [-0.3, -0.25) is 4.79 Å². The highest BCUT2D eigenvalue weighted by Gasteiger charge is 2.65. The molecule has 0 aromatic rings. The molecule has 2 bridgehead atoms. The van der Waals surface area contributed by atoms with Crippen LogP contribution in [-0.4, -0.2) is 17.7 Å². The molecular weight excluding hydrogens is 182 g/mol. The molecule has 0 radical (unpaired) electrons. The van der Waals surface area contributed by atoms with E-state index < -0.39 is 0 Å². The zero-order valence-corrected chi connectivity index (χ0v) is 8.47. The summed E-state index contributed by atoms with van der Waals surface area (Å²) in [5.41, 5.74) is 0. The predicted molar refractivity (Wildman–Crippen MR) is 53.6 cm³/mol. The van der Waals surface area contributed by atoms with Gasteiger partial charge in [0.05, 0.1) is 5.75 Å². The van der Waals surface area contributed by atoms with Crippen molar-refractivity contribution < 1.29 is 4.79 Å². The molecule has 3 rings (SSSR count). The molecule has 0 aromatic heterocycles. The van der Waals surface area contributed by atoms with Gasteiger partial charge in [0.15, 0.2) is 0 Å². The van der Waals surface area contributed by atoms with Gasteiger partial charge in [0.1, 0.15) is 0 Å². The molecule has 4 unspecified atom stereocenters. The summed E-state index contributed by atoms with van der Waals surface area (Å²) in [5.74, 6) is 4.04. The summed E-state index contributed by atoms with van der Waals surface area (Å²) in [7, 11) is 0. The summed E-state index contributed by atoms with van der Waals surface area (Å²) in [4.78, 5) is 11.1. The van der Waals surface area contributed by atoms with Crippen LogP contribution in [0.2, 0.25) is 0 Å². The van der Waals surface area contributed by atoms with Crippen LogP contribution in [0.15, 0.2) is 0 Å². The fourth-order valence-electron chi connectivity index (χ4n) is 3.75. The molecule has 3 aliphatic rings. The van der Waals surface area contributed by atoms with Crippen molar-refractivity contribution in [2.24, 2.45) is 23.7 Å². The number of fused-ring (bicyclic) bond motifs is 5. The third-order valence-electron chi connectivity index (χ3n) is 4.21. The maximum atomic E-state index is 11.1. The molecule has 0 aliphatic heterocycles. The lowest BCUT2D eigenvalue weighted by atomic mass is 10.0. The maximum absolute atomic E-state index is 11.1. The Hall–Kier alpha value is -0.180. The minimum absolute atomic E-state index is 0.113. The van der Waals surface area contributed by atoms with Crippen molar-refractivity contribution in [2.75, 3.05) is 5.75 Å². The van der Waals surface area contributed by atoms with E-state index in [0.29, 0.717) is 11.8 Å². The Labute approximate surface area is 83.9 Å². The molecule has 1 amide bonds. The minimum Gasteiger partial charge on any atom is -0.352 e. The van der Waals surface area contributed by atoms with Gasteiger partial charge in [-0.15, -0.1) is 0 Å². The second kappa shape index (κ2) is 2.66. The summed E-state index contributed by atoms with van der Waals surface area (Å²) in [6.07, 6.45) is 4.28. The highest BCUT2D eigenvalue weighted by molar-refractivity contribution is 7.81. The Morgan fingerprint density at radius 1 is 1.31 bits per heavy atom. The topological polar surface area (TPSA) is 29.1 Å². The van der Waals surface area contributed by atoms with Gasteiger partial charge < -0.3 is 5.32 Å². The number of amides is 1. The van der Waals surface area contributed by atoms with Gasteiger partial charge >= 0.3 is 0 Å². The molecule has 3 saturated carbocycles. The largest absolute Gasteiger partial charge is 0.352 e. The number of thiol groups is 1. The van der Waals surface area contributed by atoms with E-state index in [1.165, 1.54) is 19.3 Å². The standard InChI is InChI=1S/C10H15NOS/c12-7(4-13)11-10-8-5-1-2-6(3-5)9(8)10/h5-6,8-10,13H,1-4H2,(H,11,12). The Kier molecular flexibility index (Phi) is 1.67. The van der Waals surface area contributed by atoms with Gasteiger partial charge in [0.2, 0.25) is 5.91 Å². The molecule has 13 heavy (non-hydrogen) atoms. The first kappa shape index (κ1) is 8.16. The van der Waals surface area contributed by atoms with Crippen LogP contribution >= 0.6 is 12.6 Å². The lowest BCUT2D eigenvalue weighted by Crippen LogP contribution is -2.30. The third-order valence-corrected chi connectivity index (χ3v) is 4.49. The zero-order chi connectivity index (χ0) is 9.00. The van der Waals surface area contributed by atoms with Gasteiger partial charge in [-0.25, -0.2) is 0 Å². The maximum Gasteiger partial charge on any atom is 0.229 e. The van der Waals surface area contributed by atoms with E-state index in [0.717, 1.165) is 23.7 Å². The van der Waals surface area contributed by atoms with E-state index in [1.54, 1.807) is 0 Å². The van der Waals surface area contributed by atoms with Crippen molar-refractivity contribution >= 4 is 18.5 Å². The highest BCUT2D eigenvalue weighted by Crippen LogP contribution is 2.65. The smallest absolute Gasteiger partial charge is 0.229 e. The van der Waals surface area contributed by atoms with Crippen molar-refractivity contribution in [3.8, 4) is 0 Å². The van der Waals surface area contributed by atoms with Crippen molar-refractivity contribution in [1.82, 2.24) is 5.32 Å². The zero-order valence-electron chi connectivity index (χ0n) is 7.57. The second-order valence-corrected chi connectivity index (χ2v) is 5.06. The number of hydrogen-bond donors (Lipinski definition) is 2. The monoisotopic (exact) mass is 197 g/mol. The summed E-state index contributed by atoms with van der Waals surface area (Å²) < 4.78 is 0. The fraction of sp³-hybridized carbons (Fsp3) is 0.900. The lowest BCUT2D eigenvalue weighted by Gasteiger charge is -2.09. The lowest BCUT2D eigenvalue weighted by molar-refractivity contribution is -0.118. The van der Waals surface area contributed by atoms with Gasteiger partial charge in [-0.2, -0.15) is 12.6 Å². The average molecular weight is 197 g/mol. The first-order valence-corrected chi connectivity index (χ1v) is 5.84. The molecule has 2 nitrogen and oxygen atoms in total. The molecule has 3 fully saturated rings. The summed E-state index contributed by atoms with van der Waals surface area (Å²) >= 11 is 3.97. The molecule has 0 aromatic carbocycles. The first-order chi connectivity index (χ1) is 6.31. The van der Waals surface area contributed by atoms with Crippen LogP contribution in [0.3, 0.4) is 0 Å². The normalized spacial score (nSPS) is 50.4. The Balaban J connectivity index is 1.64. The third kappa shape index (κ3) is 1.06. The molecular formula is C10H15NOS. The molecule has 0 saturated heterocycles. The quantitative estimate of drug-likeness (QED) is 0.637. The van der Waals surface area contributed by atoms with Crippen LogP contribution in [0.1, 0.15) is 19.3 Å². The Morgan fingerprint density at radius 2 is 1.92 bits per heavy atom. The second-order valence-electron chi connectivity index (χ2n) is 4.74. The van der Waals surface area contributed by atoms with E-state index in [1.807, 2.05) is 0 Å². The average Bonchev–Trinajstić information content (AvgIpc) is 2.60. The number of carbonyl (C=O) groups excluding carboxylic acids is 1. The molecule has 4 atom stereocenters. The summed E-state index contributed by atoms with van der Waals surface area (Å²) in [6.45, 7) is 0. The van der Waals surface area contributed by atoms with E-state index in [2.05, 4.69) is 17.9 Å². The van der Waals surface area contributed by atoms with Crippen LogP contribution in [0.25, 0.3) is 0 Å². The molecule has 0 heterocycles. The summed E-state index contributed by atoms with van der Waals surface area (Å²) in [6, 6.07) is 0.533. The number of rotatable bonds is 2. The van der Waals surface area contributed by atoms with Crippen LogP contribution < -0.4 is 5.32 Å². The van der Waals surface area contributed by atoms with Crippen molar-refractivity contribution in [2.45, 2.75) is 25.3 Å². The van der Waals surface area contributed by atoms with Gasteiger partial charge in [0, 0.05) is 6.04 Å². The van der Waals surface area contributed by atoms with E-state index in [4.69, 9.17) is 0 Å². The Morgan fingerprint density at radius 3 is 2.46 bits per heavy atom. The van der Waals surface area contributed by atoms with Gasteiger partial charge in [0.25, 0.3) is 0 Å². The number of hydrogen-bond acceptors (Lipinski definition) is 2. The molecule has 1 N–H and O–H groups in total. The molecule has 3 aliphatic carbocycles. The SMILES string of the molecule is O=C(CS)NC1C2C3CCC(C3)C12. The fourth-order valence-corrected chi connectivity index (χ4v) is 3.84. The van der Waals surface area contributed by atoms with Crippen molar-refractivity contribution in [3.05, 3.63) is 0 Å². The van der Waals surface area contributed by atoms with Gasteiger partial charge in [-0.1, -0.05) is 0 Å². The minimum atomic E-state index is 0.113. The summed E-state index contributed by atoms with van der Waals surface area (Å²) in [5, 5.41) is 3.09. The molecule has 3 heteroatoms. The number of carbonyl (C=O) groups is 1. The van der Waals surface area contributed by atoms with Crippen LogP contribution in [0.4, 0.5) is 0 Å². The number of nitrogens with one attached hydrogen (secondary N) is 1. The Bertz CT molecular complexity index is 239. The molecule has 0 spiro atoms.